The normalized spacial score (nSPS) is 15.6. The lowest BCUT2D eigenvalue weighted by Crippen LogP contribution is -2.44. The molecule has 1 aromatic carbocycles. The number of hydrogen-bond donors (Lipinski definition) is 3. The van der Waals surface area contributed by atoms with E-state index in [-0.39, 0.29) is 25.1 Å². The molecule has 0 radical (unpaired) electrons. The number of nitrogens with one attached hydrogen (secondary N) is 2. The molecule has 1 heterocycles. The van der Waals surface area contributed by atoms with Gasteiger partial charge in [-0.25, -0.2) is 0 Å². The third kappa shape index (κ3) is 5.70. The maximum Gasteiger partial charge on any atom is 0.325 e. The van der Waals surface area contributed by atoms with Crippen molar-refractivity contribution in [2.45, 2.75) is 6.61 Å². The number of nitrogens with zero attached hydrogens (tertiary/aromatic N) is 2. The highest BCUT2D eigenvalue weighted by atomic mass is 16.5. The summed E-state index contributed by atoms with van der Waals surface area (Å²) in [6.07, 6.45) is 0. The number of hydrazone groups is 1. The minimum absolute atomic E-state index is 0.00819. The maximum absolute atomic E-state index is 11.6. The largest absolute Gasteiger partial charge is 0.460 e. The van der Waals surface area contributed by atoms with Crippen LogP contribution in [0.1, 0.15) is 5.56 Å². The van der Waals surface area contributed by atoms with Gasteiger partial charge in [-0.3, -0.25) is 9.80 Å². The molecule has 1 aliphatic rings. The second-order valence-electron chi connectivity index (χ2n) is 4.69. The van der Waals surface area contributed by atoms with Crippen molar-refractivity contribution in [3.63, 3.8) is 0 Å². The standard InChI is InChI=1S/C14H21N5O2/c15-14(18-19-8-6-16-7-9-19)17-10-13(20)21-11-12-4-2-1-3-5-12/h1-5,16H,6-11H2,(H3,15,17,18). The lowest BCUT2D eigenvalue weighted by atomic mass is 10.2. The number of nitrogens with two attached hydrogens (primary N) is 1. The Labute approximate surface area is 124 Å². The van der Waals surface area contributed by atoms with Crippen molar-refractivity contribution in [1.29, 1.82) is 0 Å². The molecule has 0 aliphatic carbocycles. The van der Waals surface area contributed by atoms with Crippen LogP contribution in [0.4, 0.5) is 0 Å². The van der Waals surface area contributed by atoms with Crippen LogP contribution in [0.25, 0.3) is 0 Å². The lowest BCUT2D eigenvalue weighted by Gasteiger charge is -2.24. The van der Waals surface area contributed by atoms with Crippen LogP contribution in [0.5, 0.6) is 0 Å². The number of esters is 1. The monoisotopic (exact) mass is 291 g/mol. The van der Waals surface area contributed by atoms with Gasteiger partial charge in [0.05, 0.1) is 0 Å². The first-order chi connectivity index (χ1) is 10.2. The summed E-state index contributed by atoms with van der Waals surface area (Å²) in [7, 11) is 0. The average molecular weight is 291 g/mol. The van der Waals surface area contributed by atoms with Crippen molar-refractivity contribution in [3.05, 3.63) is 35.9 Å². The van der Waals surface area contributed by atoms with E-state index in [9.17, 15) is 4.79 Å². The lowest BCUT2D eigenvalue weighted by molar-refractivity contribution is -0.143. The van der Waals surface area contributed by atoms with Crippen molar-refractivity contribution in [3.8, 4) is 0 Å². The van der Waals surface area contributed by atoms with Crippen molar-refractivity contribution in [2.75, 3.05) is 32.7 Å². The number of rotatable bonds is 5. The van der Waals surface area contributed by atoms with Gasteiger partial charge in [-0.15, -0.1) is 5.10 Å². The molecule has 0 unspecified atom stereocenters. The van der Waals surface area contributed by atoms with Crippen LogP contribution in [0, 0.1) is 0 Å². The van der Waals surface area contributed by atoms with E-state index in [0.717, 1.165) is 31.7 Å². The summed E-state index contributed by atoms with van der Waals surface area (Å²) in [6.45, 7) is 3.65. The minimum atomic E-state index is -0.364. The predicted octanol–water partition coefficient (Wildman–Crippen LogP) is -0.546. The number of benzene rings is 1. The zero-order valence-corrected chi connectivity index (χ0v) is 11.9. The molecule has 114 valence electrons. The molecule has 2 rings (SSSR count). The van der Waals surface area contributed by atoms with Crippen LogP contribution in [-0.4, -0.2) is 49.7 Å². The highest BCUT2D eigenvalue weighted by Crippen LogP contribution is 2.00. The Morgan fingerprint density at radius 3 is 2.76 bits per heavy atom. The number of piperazine rings is 1. The molecule has 0 bridgehead atoms. The summed E-state index contributed by atoms with van der Waals surface area (Å²) < 4.78 is 5.13. The molecule has 21 heavy (non-hydrogen) atoms. The van der Waals surface area contributed by atoms with E-state index >= 15 is 0 Å². The number of guanidine groups is 1. The molecule has 0 saturated carbocycles. The quantitative estimate of drug-likeness (QED) is 0.383. The Balaban J connectivity index is 1.67. The Hall–Kier alpha value is -2.28. The number of carbonyl (C=O) groups excluding carboxylic acids is 1. The van der Waals surface area contributed by atoms with Gasteiger partial charge >= 0.3 is 5.97 Å². The fraction of sp³-hybridized carbons (Fsp3) is 0.429. The Morgan fingerprint density at radius 1 is 1.33 bits per heavy atom. The van der Waals surface area contributed by atoms with Gasteiger partial charge in [0, 0.05) is 26.2 Å². The number of hydrogen-bond acceptors (Lipinski definition) is 5. The molecule has 0 aromatic heterocycles. The SMILES string of the molecule is NC(=NN1CCNCC1)NCC(=O)OCc1ccccc1. The van der Waals surface area contributed by atoms with E-state index < -0.39 is 0 Å². The van der Waals surface area contributed by atoms with E-state index in [4.69, 9.17) is 10.5 Å². The summed E-state index contributed by atoms with van der Waals surface area (Å²) in [5.74, 6) is -0.133. The molecule has 0 atom stereocenters. The highest BCUT2D eigenvalue weighted by Gasteiger charge is 2.08. The first-order valence-corrected chi connectivity index (χ1v) is 6.97. The topological polar surface area (TPSA) is 92.0 Å². The highest BCUT2D eigenvalue weighted by molar-refractivity contribution is 5.82. The minimum Gasteiger partial charge on any atom is -0.460 e. The number of ether oxygens (including phenoxy) is 1. The van der Waals surface area contributed by atoms with Crippen LogP contribution < -0.4 is 16.4 Å². The van der Waals surface area contributed by atoms with Crippen LogP contribution in [0.15, 0.2) is 35.4 Å². The third-order valence-electron chi connectivity index (χ3n) is 3.00. The molecule has 1 aliphatic heterocycles. The van der Waals surface area contributed by atoms with Gasteiger partial charge in [0.2, 0.25) is 5.96 Å². The van der Waals surface area contributed by atoms with Crippen molar-refractivity contribution >= 4 is 11.9 Å². The average Bonchev–Trinajstić information content (AvgIpc) is 2.53. The molecule has 1 fully saturated rings. The van der Waals surface area contributed by atoms with E-state index in [0.29, 0.717) is 0 Å². The second kappa shape index (κ2) is 8.11. The van der Waals surface area contributed by atoms with Gasteiger partial charge < -0.3 is 21.1 Å². The maximum atomic E-state index is 11.6. The van der Waals surface area contributed by atoms with Gasteiger partial charge in [0.25, 0.3) is 0 Å². The fourth-order valence-electron chi connectivity index (χ4n) is 1.89. The smallest absolute Gasteiger partial charge is 0.325 e. The van der Waals surface area contributed by atoms with Crippen LogP contribution in [-0.2, 0) is 16.1 Å². The third-order valence-corrected chi connectivity index (χ3v) is 3.00. The molecule has 4 N–H and O–H groups in total. The van der Waals surface area contributed by atoms with Crippen molar-refractivity contribution in [1.82, 2.24) is 15.6 Å². The van der Waals surface area contributed by atoms with Gasteiger partial charge in [-0.2, -0.15) is 0 Å². The van der Waals surface area contributed by atoms with Crippen molar-refractivity contribution in [2.24, 2.45) is 10.8 Å². The van der Waals surface area contributed by atoms with Gasteiger partial charge in [0.1, 0.15) is 13.2 Å². The first-order valence-electron chi connectivity index (χ1n) is 6.97. The molecule has 7 nitrogen and oxygen atoms in total. The van der Waals surface area contributed by atoms with Crippen LogP contribution in [0.3, 0.4) is 0 Å². The fourth-order valence-corrected chi connectivity index (χ4v) is 1.89. The molecule has 7 heteroatoms. The van der Waals surface area contributed by atoms with Gasteiger partial charge in [-0.05, 0) is 5.56 Å². The predicted molar refractivity (Wildman–Crippen MR) is 80.3 cm³/mol. The summed E-state index contributed by atoms with van der Waals surface area (Å²) >= 11 is 0. The Kier molecular flexibility index (Phi) is 5.83. The van der Waals surface area contributed by atoms with Crippen molar-refractivity contribution < 1.29 is 9.53 Å². The zero-order valence-electron chi connectivity index (χ0n) is 11.9. The van der Waals surface area contributed by atoms with E-state index in [2.05, 4.69) is 15.7 Å². The molecular weight excluding hydrogens is 270 g/mol. The summed E-state index contributed by atoms with van der Waals surface area (Å²) in [5, 5.41) is 12.0. The van der Waals surface area contributed by atoms with Crippen LogP contribution >= 0.6 is 0 Å². The summed E-state index contributed by atoms with van der Waals surface area (Å²) in [6, 6.07) is 9.53. The van der Waals surface area contributed by atoms with Crippen LogP contribution in [0.2, 0.25) is 0 Å². The Bertz CT molecular complexity index is 472. The second-order valence-corrected chi connectivity index (χ2v) is 4.69. The molecular formula is C14H21N5O2. The first kappa shape index (κ1) is 15.1. The molecule has 1 aromatic rings. The van der Waals surface area contributed by atoms with E-state index in [1.54, 1.807) is 0 Å². The van der Waals surface area contributed by atoms with Gasteiger partial charge in [-0.1, -0.05) is 30.3 Å². The Morgan fingerprint density at radius 2 is 2.05 bits per heavy atom. The summed E-state index contributed by atoms with van der Waals surface area (Å²) in [5.41, 5.74) is 6.68. The molecule has 1 saturated heterocycles. The van der Waals surface area contributed by atoms with Gasteiger partial charge in [0.15, 0.2) is 0 Å². The zero-order chi connectivity index (χ0) is 14.9. The van der Waals surface area contributed by atoms with E-state index in [1.807, 2.05) is 35.3 Å². The molecule has 0 amide bonds. The summed E-state index contributed by atoms with van der Waals surface area (Å²) in [4.78, 5) is 11.6. The number of carbonyl (C=O) groups is 1. The van der Waals surface area contributed by atoms with E-state index in [1.165, 1.54) is 0 Å². The molecule has 0 spiro atoms.